The summed E-state index contributed by atoms with van der Waals surface area (Å²) in [6, 6.07) is 0. The summed E-state index contributed by atoms with van der Waals surface area (Å²) in [6.45, 7) is 0. The molecule has 0 aromatic rings. The number of rotatable bonds is 2. The van der Waals surface area contributed by atoms with Crippen molar-refractivity contribution in [3.8, 4) is 0 Å². The molecule has 0 radical (unpaired) electrons. The normalized spacial score (nSPS) is 37.9. The molecule has 2 nitrogen and oxygen atoms in total. The number of ether oxygens (including phenoxy) is 1. The molecule has 0 aromatic carbocycles. The van der Waals surface area contributed by atoms with E-state index in [1.165, 1.54) is 25.7 Å². The van der Waals surface area contributed by atoms with Crippen molar-refractivity contribution in [2.75, 3.05) is 7.11 Å². The molecular formula is C13H22O2. The second-order valence-corrected chi connectivity index (χ2v) is 5.04. The largest absolute Gasteiger partial charge is 0.381 e. The Bertz CT molecular complexity index is 225. The molecule has 0 aliphatic heterocycles. The summed E-state index contributed by atoms with van der Waals surface area (Å²) in [5.74, 6) is 1.36. The fraction of sp³-hybridized carbons (Fsp3) is 0.923. The van der Waals surface area contributed by atoms with Crippen LogP contribution in [0.1, 0.15) is 51.4 Å². The van der Waals surface area contributed by atoms with E-state index >= 15 is 0 Å². The van der Waals surface area contributed by atoms with Crippen LogP contribution in [0.15, 0.2) is 0 Å². The number of ketones is 1. The first-order chi connectivity index (χ1) is 7.33. The minimum Gasteiger partial charge on any atom is -0.381 e. The number of hydrogen-bond donors (Lipinski definition) is 0. The average Bonchev–Trinajstić information content (AvgIpc) is 2.30. The maximum Gasteiger partial charge on any atom is 0.136 e. The molecule has 2 rings (SSSR count). The molecular weight excluding hydrogens is 188 g/mol. The van der Waals surface area contributed by atoms with Crippen molar-refractivity contribution >= 4 is 5.78 Å². The number of carbonyl (C=O) groups excluding carboxylic acids is 1. The minimum absolute atomic E-state index is 0.323. The van der Waals surface area contributed by atoms with E-state index in [2.05, 4.69) is 0 Å². The van der Waals surface area contributed by atoms with Crippen LogP contribution in [0.25, 0.3) is 0 Å². The topological polar surface area (TPSA) is 26.3 Å². The van der Waals surface area contributed by atoms with E-state index in [4.69, 9.17) is 4.74 Å². The monoisotopic (exact) mass is 210 g/mol. The molecule has 2 aliphatic carbocycles. The van der Waals surface area contributed by atoms with Gasteiger partial charge in [0, 0.05) is 19.4 Å². The van der Waals surface area contributed by atoms with Crippen LogP contribution in [0, 0.1) is 11.8 Å². The summed E-state index contributed by atoms with van der Waals surface area (Å²) >= 11 is 0. The first kappa shape index (κ1) is 11.1. The van der Waals surface area contributed by atoms with Gasteiger partial charge in [-0.15, -0.1) is 0 Å². The van der Waals surface area contributed by atoms with Crippen LogP contribution in [-0.4, -0.2) is 19.0 Å². The molecule has 86 valence electrons. The van der Waals surface area contributed by atoms with Crippen molar-refractivity contribution in [3.05, 3.63) is 0 Å². The van der Waals surface area contributed by atoms with Crippen molar-refractivity contribution in [1.82, 2.24) is 0 Å². The van der Waals surface area contributed by atoms with Gasteiger partial charge < -0.3 is 4.74 Å². The summed E-state index contributed by atoms with van der Waals surface area (Å²) < 4.78 is 5.55. The van der Waals surface area contributed by atoms with Crippen LogP contribution >= 0.6 is 0 Å². The van der Waals surface area contributed by atoms with Gasteiger partial charge in [0.1, 0.15) is 5.78 Å². The second-order valence-electron chi connectivity index (χ2n) is 5.04. The molecule has 15 heavy (non-hydrogen) atoms. The van der Waals surface area contributed by atoms with E-state index in [0.717, 1.165) is 25.7 Å². The Balaban J connectivity index is 2.02. The lowest BCUT2D eigenvalue weighted by Gasteiger charge is -2.37. The van der Waals surface area contributed by atoms with Crippen LogP contribution in [-0.2, 0) is 9.53 Å². The Morgan fingerprint density at radius 1 is 1.07 bits per heavy atom. The summed E-state index contributed by atoms with van der Waals surface area (Å²) in [7, 11) is 1.80. The highest BCUT2D eigenvalue weighted by Gasteiger charge is 2.36. The summed E-state index contributed by atoms with van der Waals surface area (Å²) in [4.78, 5) is 11.9. The van der Waals surface area contributed by atoms with E-state index in [1.54, 1.807) is 7.11 Å². The molecule has 0 spiro atoms. The van der Waals surface area contributed by atoms with E-state index in [0.29, 0.717) is 23.7 Å². The molecule has 2 heteroatoms. The number of methoxy groups -OCH3 is 1. The molecule has 0 N–H and O–H groups in total. The third-order valence-electron chi connectivity index (χ3n) is 4.18. The standard InChI is InChI=1S/C13H22O2/c1-15-13-9-5-3-7-11(13)10-6-2-4-8-12(10)14/h10-11,13H,2-9H2,1H3/t10?,11-,13+/m1/s1. The lowest BCUT2D eigenvalue weighted by molar-refractivity contribution is -0.130. The molecule has 0 bridgehead atoms. The van der Waals surface area contributed by atoms with Crippen molar-refractivity contribution in [2.24, 2.45) is 11.8 Å². The zero-order chi connectivity index (χ0) is 10.7. The van der Waals surface area contributed by atoms with Crippen LogP contribution in [0.4, 0.5) is 0 Å². The summed E-state index contributed by atoms with van der Waals surface area (Å²) in [6.07, 6.45) is 9.56. The van der Waals surface area contributed by atoms with E-state index in [9.17, 15) is 4.79 Å². The lowest BCUT2D eigenvalue weighted by Crippen LogP contribution is -2.37. The highest BCUT2D eigenvalue weighted by molar-refractivity contribution is 5.82. The molecule has 2 aliphatic rings. The van der Waals surface area contributed by atoms with Gasteiger partial charge >= 0.3 is 0 Å². The molecule has 0 aromatic heterocycles. The van der Waals surface area contributed by atoms with Crippen molar-refractivity contribution < 1.29 is 9.53 Å². The second kappa shape index (κ2) is 5.11. The molecule has 2 fully saturated rings. The first-order valence-corrected chi connectivity index (χ1v) is 6.38. The van der Waals surface area contributed by atoms with Gasteiger partial charge in [-0.2, -0.15) is 0 Å². The SMILES string of the molecule is CO[C@H]1CCCC[C@@H]1C1CCCCC1=O. The average molecular weight is 210 g/mol. The minimum atomic E-state index is 0.323. The Hall–Kier alpha value is -0.370. The van der Waals surface area contributed by atoms with Gasteiger partial charge in [0.2, 0.25) is 0 Å². The van der Waals surface area contributed by atoms with Gasteiger partial charge in [-0.1, -0.05) is 19.3 Å². The predicted molar refractivity (Wildman–Crippen MR) is 59.7 cm³/mol. The quantitative estimate of drug-likeness (QED) is 0.700. The number of hydrogen-bond acceptors (Lipinski definition) is 2. The Kier molecular flexibility index (Phi) is 3.79. The van der Waals surface area contributed by atoms with E-state index < -0.39 is 0 Å². The molecule has 2 saturated carbocycles. The van der Waals surface area contributed by atoms with Gasteiger partial charge in [-0.25, -0.2) is 0 Å². The number of carbonyl (C=O) groups is 1. The van der Waals surface area contributed by atoms with Crippen molar-refractivity contribution in [1.29, 1.82) is 0 Å². The first-order valence-electron chi connectivity index (χ1n) is 6.38. The van der Waals surface area contributed by atoms with Crippen molar-refractivity contribution in [3.63, 3.8) is 0 Å². The predicted octanol–water partition coefficient (Wildman–Crippen LogP) is 2.95. The third-order valence-corrected chi connectivity index (χ3v) is 4.18. The highest BCUT2D eigenvalue weighted by Crippen LogP contribution is 2.37. The van der Waals surface area contributed by atoms with Crippen LogP contribution in [0.2, 0.25) is 0 Å². The van der Waals surface area contributed by atoms with Crippen LogP contribution in [0.5, 0.6) is 0 Å². The fourth-order valence-corrected chi connectivity index (χ4v) is 3.34. The van der Waals surface area contributed by atoms with Gasteiger partial charge in [0.15, 0.2) is 0 Å². The zero-order valence-corrected chi connectivity index (χ0v) is 9.71. The molecule has 1 unspecified atom stereocenters. The fourth-order valence-electron chi connectivity index (χ4n) is 3.34. The molecule has 0 amide bonds. The smallest absolute Gasteiger partial charge is 0.136 e. The van der Waals surface area contributed by atoms with Crippen LogP contribution < -0.4 is 0 Å². The van der Waals surface area contributed by atoms with E-state index in [-0.39, 0.29) is 0 Å². The van der Waals surface area contributed by atoms with Gasteiger partial charge in [0.05, 0.1) is 6.10 Å². The summed E-state index contributed by atoms with van der Waals surface area (Å²) in [5, 5.41) is 0. The zero-order valence-electron chi connectivity index (χ0n) is 9.71. The third kappa shape index (κ3) is 2.41. The van der Waals surface area contributed by atoms with E-state index in [1.807, 2.05) is 0 Å². The Labute approximate surface area is 92.4 Å². The highest BCUT2D eigenvalue weighted by atomic mass is 16.5. The molecule has 0 heterocycles. The lowest BCUT2D eigenvalue weighted by atomic mass is 9.71. The maximum absolute atomic E-state index is 11.9. The van der Waals surface area contributed by atoms with Gasteiger partial charge in [-0.05, 0) is 31.6 Å². The molecule has 3 atom stereocenters. The van der Waals surface area contributed by atoms with Crippen LogP contribution in [0.3, 0.4) is 0 Å². The summed E-state index contributed by atoms with van der Waals surface area (Å²) in [5.41, 5.74) is 0. The van der Waals surface area contributed by atoms with Gasteiger partial charge in [0.25, 0.3) is 0 Å². The molecule has 0 saturated heterocycles. The Morgan fingerprint density at radius 2 is 1.80 bits per heavy atom. The number of Topliss-reactive ketones (excluding diaryl/α,β-unsaturated/α-hetero) is 1. The van der Waals surface area contributed by atoms with Crippen molar-refractivity contribution in [2.45, 2.75) is 57.5 Å². The maximum atomic E-state index is 11.9. The Morgan fingerprint density at radius 3 is 2.53 bits per heavy atom. The van der Waals surface area contributed by atoms with Gasteiger partial charge in [-0.3, -0.25) is 4.79 Å².